The maximum atomic E-state index is 15.6. The second-order valence-electron chi connectivity index (χ2n) is 12.1. The van der Waals surface area contributed by atoms with Gasteiger partial charge in [-0.3, -0.25) is 9.59 Å². The Bertz CT molecular complexity index is 2230. The summed E-state index contributed by atoms with van der Waals surface area (Å²) in [5, 5.41) is 12.3. The third-order valence-electron chi connectivity index (χ3n) is 8.79. The van der Waals surface area contributed by atoms with Gasteiger partial charge in [0.25, 0.3) is 11.5 Å². The number of piperidine rings is 1. The molecule has 3 aromatic heterocycles. The summed E-state index contributed by atoms with van der Waals surface area (Å²) in [6.07, 6.45) is 4.72. The number of halogens is 2. The highest BCUT2D eigenvalue weighted by atomic mass is 19.1. The minimum atomic E-state index is -0.760. The number of rotatable bonds is 9. The summed E-state index contributed by atoms with van der Waals surface area (Å²) in [6.45, 7) is 2.32. The maximum Gasteiger partial charge on any atom is 0.284 e. The zero-order valence-electron chi connectivity index (χ0n) is 27.3. The van der Waals surface area contributed by atoms with E-state index in [-0.39, 0.29) is 28.6 Å². The van der Waals surface area contributed by atoms with Crippen molar-refractivity contribution >= 4 is 22.6 Å². The molecule has 6 aromatic rings. The van der Waals surface area contributed by atoms with E-state index in [9.17, 15) is 14.0 Å². The van der Waals surface area contributed by atoms with E-state index < -0.39 is 23.1 Å². The minimum Gasteiger partial charge on any atom is -0.497 e. The van der Waals surface area contributed by atoms with E-state index in [0.717, 1.165) is 59.1 Å². The topological polar surface area (TPSA) is 116 Å². The predicted octanol–water partition coefficient (Wildman–Crippen LogP) is 6.17. The molecule has 1 aliphatic rings. The highest BCUT2D eigenvalue weighted by Crippen LogP contribution is 2.39. The summed E-state index contributed by atoms with van der Waals surface area (Å²) in [6, 6.07) is 19.9. The fourth-order valence-corrected chi connectivity index (χ4v) is 6.09. The largest absolute Gasteiger partial charge is 0.497 e. The summed E-state index contributed by atoms with van der Waals surface area (Å²) >= 11 is 0. The number of benzene rings is 3. The number of carbonyl (C=O) groups is 1. The Morgan fingerprint density at radius 2 is 1.70 bits per heavy atom. The van der Waals surface area contributed by atoms with Gasteiger partial charge in [-0.2, -0.15) is 14.9 Å². The molecule has 0 bridgehead atoms. The molecule has 0 unspecified atom stereocenters. The number of ether oxygens (including phenoxy) is 2. The lowest BCUT2D eigenvalue weighted by Gasteiger charge is -2.28. The first-order valence-electron chi connectivity index (χ1n) is 16.1. The molecule has 0 radical (unpaired) electrons. The van der Waals surface area contributed by atoms with Crippen LogP contribution in [-0.4, -0.2) is 62.6 Å². The number of nitrogens with one attached hydrogen (secondary N) is 1. The third-order valence-corrected chi connectivity index (χ3v) is 8.79. The number of amides is 1. The van der Waals surface area contributed by atoms with Crippen molar-refractivity contribution in [2.45, 2.75) is 25.3 Å². The lowest BCUT2D eigenvalue weighted by Crippen LogP contribution is -2.29. The van der Waals surface area contributed by atoms with Crippen molar-refractivity contribution in [1.82, 2.24) is 29.4 Å². The SMILES string of the molecule is COc1ccc(Cn2nc(C3CCN(C)CC3)c3c(Oc4ccc(NC(=O)c5ccnn(-c6ccc(F)cc6)c5=O)cc4F)ccnc32)cc1. The Labute approximate surface area is 285 Å². The third kappa shape index (κ3) is 6.67. The van der Waals surface area contributed by atoms with Crippen LogP contribution < -0.4 is 20.3 Å². The first kappa shape index (κ1) is 32.6. The number of hydrogen-bond donors (Lipinski definition) is 1. The molecule has 1 N–H and O–H groups in total. The van der Waals surface area contributed by atoms with Crippen LogP contribution in [0.4, 0.5) is 14.5 Å². The number of pyridine rings is 1. The Balaban J connectivity index is 1.16. The fourth-order valence-electron chi connectivity index (χ4n) is 6.09. The van der Waals surface area contributed by atoms with E-state index in [4.69, 9.17) is 14.6 Å². The first-order valence-corrected chi connectivity index (χ1v) is 16.1. The molecule has 4 heterocycles. The molecule has 1 amide bonds. The Morgan fingerprint density at radius 3 is 2.42 bits per heavy atom. The number of methoxy groups -OCH3 is 1. The predicted molar refractivity (Wildman–Crippen MR) is 183 cm³/mol. The van der Waals surface area contributed by atoms with Gasteiger partial charge in [0.2, 0.25) is 0 Å². The Hall–Kier alpha value is -5.95. The highest BCUT2D eigenvalue weighted by molar-refractivity contribution is 6.04. The number of aromatic nitrogens is 5. The van der Waals surface area contributed by atoms with E-state index in [1.54, 1.807) is 19.4 Å². The number of hydrogen-bond acceptors (Lipinski definition) is 8. The molecule has 11 nitrogen and oxygen atoms in total. The lowest BCUT2D eigenvalue weighted by molar-refractivity contribution is 0.102. The molecular formula is C37H33F2N7O4. The van der Waals surface area contributed by atoms with Gasteiger partial charge in [0.15, 0.2) is 17.2 Å². The van der Waals surface area contributed by atoms with Crippen LogP contribution in [0.5, 0.6) is 17.2 Å². The zero-order chi connectivity index (χ0) is 34.8. The summed E-state index contributed by atoms with van der Waals surface area (Å²) in [5.74, 6) is -0.678. The van der Waals surface area contributed by atoms with E-state index in [0.29, 0.717) is 17.9 Å². The van der Waals surface area contributed by atoms with Crippen LogP contribution in [0.2, 0.25) is 0 Å². The van der Waals surface area contributed by atoms with E-state index in [2.05, 4.69) is 27.3 Å². The standard InChI is InChI=1S/C37H33F2N7O4/c1-44-19-15-24(16-20-44)34-33-32(14-17-40-35(33)45(43-34)22-23-3-10-28(49-2)11-4-23)50-31-12-7-26(21-30(31)39)42-36(47)29-13-18-41-46(37(29)48)27-8-5-25(38)6-9-27/h3-14,17-18,21,24H,15-16,19-20,22H2,1-2H3,(H,42,47). The van der Waals surface area contributed by atoms with Crippen molar-refractivity contribution in [3.05, 3.63) is 130 Å². The molecule has 3 aromatic carbocycles. The molecule has 0 spiro atoms. The van der Waals surface area contributed by atoms with Crippen molar-refractivity contribution in [3.8, 4) is 22.9 Å². The first-order chi connectivity index (χ1) is 24.3. The lowest BCUT2D eigenvalue weighted by atomic mass is 9.92. The molecule has 1 saturated heterocycles. The molecule has 50 heavy (non-hydrogen) atoms. The van der Waals surface area contributed by atoms with Gasteiger partial charge < -0.3 is 19.7 Å². The van der Waals surface area contributed by atoms with Gasteiger partial charge in [-0.1, -0.05) is 12.1 Å². The molecule has 0 aliphatic carbocycles. The van der Waals surface area contributed by atoms with Crippen LogP contribution in [0, 0.1) is 11.6 Å². The molecular weight excluding hydrogens is 644 g/mol. The number of likely N-dealkylation sites (tertiary alicyclic amines) is 1. The van der Waals surface area contributed by atoms with Gasteiger partial charge in [0.05, 0.1) is 30.4 Å². The van der Waals surface area contributed by atoms with Gasteiger partial charge in [-0.25, -0.2) is 18.4 Å². The number of carbonyl (C=O) groups excluding carboxylic acids is 1. The average Bonchev–Trinajstić information content (AvgIpc) is 3.49. The van der Waals surface area contributed by atoms with Crippen molar-refractivity contribution in [3.63, 3.8) is 0 Å². The van der Waals surface area contributed by atoms with Crippen molar-refractivity contribution < 1.29 is 23.0 Å². The Kier molecular flexibility index (Phi) is 9.05. The van der Waals surface area contributed by atoms with E-state index in [1.807, 2.05) is 28.9 Å². The van der Waals surface area contributed by atoms with Gasteiger partial charge in [0.1, 0.15) is 22.9 Å². The number of nitrogens with zero attached hydrogens (tertiary/aromatic N) is 6. The second-order valence-corrected chi connectivity index (χ2v) is 12.1. The molecule has 13 heteroatoms. The summed E-state index contributed by atoms with van der Waals surface area (Å²) < 4.78 is 43.3. The smallest absolute Gasteiger partial charge is 0.284 e. The summed E-state index contributed by atoms with van der Waals surface area (Å²) in [4.78, 5) is 33.1. The molecule has 0 atom stereocenters. The van der Waals surface area contributed by atoms with E-state index >= 15 is 4.39 Å². The maximum absolute atomic E-state index is 15.6. The highest BCUT2D eigenvalue weighted by Gasteiger charge is 2.27. The summed E-state index contributed by atoms with van der Waals surface area (Å²) in [5.41, 5.74) is 1.96. The average molecular weight is 678 g/mol. The van der Waals surface area contributed by atoms with E-state index in [1.165, 1.54) is 48.7 Å². The number of fused-ring (bicyclic) bond motifs is 1. The van der Waals surface area contributed by atoms with Crippen LogP contribution in [0.25, 0.3) is 16.7 Å². The van der Waals surface area contributed by atoms with Crippen LogP contribution in [0.1, 0.15) is 40.4 Å². The van der Waals surface area contributed by atoms with Gasteiger partial charge in [0, 0.05) is 30.1 Å². The van der Waals surface area contributed by atoms with Crippen LogP contribution in [0.3, 0.4) is 0 Å². The van der Waals surface area contributed by atoms with Crippen LogP contribution in [-0.2, 0) is 6.54 Å². The second kappa shape index (κ2) is 13.9. The normalized spacial score (nSPS) is 13.8. The number of anilines is 1. The van der Waals surface area contributed by atoms with Gasteiger partial charge >= 0.3 is 0 Å². The molecule has 254 valence electrons. The zero-order valence-corrected chi connectivity index (χ0v) is 27.3. The van der Waals surface area contributed by atoms with Crippen molar-refractivity contribution in [2.75, 3.05) is 32.6 Å². The quantitative estimate of drug-likeness (QED) is 0.193. The summed E-state index contributed by atoms with van der Waals surface area (Å²) in [7, 11) is 3.72. The fraction of sp³-hybridized carbons (Fsp3) is 0.216. The van der Waals surface area contributed by atoms with Crippen molar-refractivity contribution in [1.29, 1.82) is 0 Å². The Morgan fingerprint density at radius 1 is 0.940 bits per heavy atom. The molecule has 0 saturated carbocycles. The minimum absolute atomic E-state index is 0.0599. The van der Waals surface area contributed by atoms with Crippen LogP contribution >= 0.6 is 0 Å². The van der Waals surface area contributed by atoms with Gasteiger partial charge in [-0.15, -0.1) is 0 Å². The molecule has 7 rings (SSSR count). The molecule has 1 aliphatic heterocycles. The monoisotopic (exact) mass is 677 g/mol. The molecule has 1 fully saturated rings. The van der Waals surface area contributed by atoms with Crippen molar-refractivity contribution in [2.24, 2.45) is 0 Å². The van der Waals surface area contributed by atoms with Gasteiger partial charge in [-0.05, 0) is 99.2 Å². The van der Waals surface area contributed by atoms with Crippen LogP contribution in [0.15, 0.2) is 96.1 Å².